The van der Waals surface area contributed by atoms with Crippen LogP contribution in [0.15, 0.2) is 71.2 Å². The standard InChI is InChI=1S/C23H19BrClNO2/c24-18-8-4-16(5-9-18)14-26-13-12-20-21(23(26)27)2-1-3-22(20)28-15-17-6-10-19(25)11-7-17/h1-11H,12-15H2. The van der Waals surface area contributed by atoms with Gasteiger partial charge in [0.25, 0.3) is 5.91 Å². The molecule has 0 bridgehead atoms. The molecule has 3 aromatic carbocycles. The van der Waals surface area contributed by atoms with Crippen LogP contribution in [-0.2, 0) is 19.6 Å². The van der Waals surface area contributed by atoms with Crippen molar-refractivity contribution >= 4 is 33.4 Å². The van der Waals surface area contributed by atoms with E-state index in [9.17, 15) is 4.79 Å². The minimum atomic E-state index is 0.0566. The summed E-state index contributed by atoms with van der Waals surface area (Å²) in [5.74, 6) is 0.838. The fraction of sp³-hybridized carbons (Fsp3) is 0.174. The summed E-state index contributed by atoms with van der Waals surface area (Å²) in [7, 11) is 0. The Bertz CT molecular complexity index is 986. The molecule has 0 spiro atoms. The van der Waals surface area contributed by atoms with Crippen molar-refractivity contribution in [2.24, 2.45) is 0 Å². The third kappa shape index (κ3) is 4.23. The number of amides is 1. The summed E-state index contributed by atoms with van der Waals surface area (Å²) in [5, 5.41) is 0.706. The number of fused-ring (bicyclic) bond motifs is 1. The first-order valence-electron chi connectivity index (χ1n) is 9.13. The van der Waals surface area contributed by atoms with E-state index in [0.717, 1.165) is 38.9 Å². The van der Waals surface area contributed by atoms with Crippen molar-refractivity contribution in [2.45, 2.75) is 19.6 Å². The van der Waals surface area contributed by atoms with E-state index in [1.165, 1.54) is 0 Å². The molecule has 0 fully saturated rings. The summed E-state index contributed by atoms with van der Waals surface area (Å²) >= 11 is 9.38. The molecule has 142 valence electrons. The van der Waals surface area contributed by atoms with Crippen LogP contribution in [0, 0.1) is 0 Å². The van der Waals surface area contributed by atoms with Crippen LogP contribution in [0.4, 0.5) is 0 Å². The second-order valence-electron chi connectivity index (χ2n) is 6.80. The zero-order chi connectivity index (χ0) is 19.5. The summed E-state index contributed by atoms with van der Waals surface area (Å²) < 4.78 is 7.06. The Hall–Kier alpha value is -2.30. The molecule has 3 aromatic rings. The van der Waals surface area contributed by atoms with Crippen LogP contribution in [-0.4, -0.2) is 17.4 Å². The van der Waals surface area contributed by atoms with Crippen LogP contribution < -0.4 is 4.74 Å². The van der Waals surface area contributed by atoms with Crippen molar-refractivity contribution in [3.05, 3.63) is 98.5 Å². The van der Waals surface area contributed by atoms with Gasteiger partial charge in [0.2, 0.25) is 0 Å². The van der Waals surface area contributed by atoms with E-state index in [4.69, 9.17) is 16.3 Å². The van der Waals surface area contributed by atoms with E-state index in [1.54, 1.807) is 0 Å². The van der Waals surface area contributed by atoms with Crippen molar-refractivity contribution in [3.63, 3.8) is 0 Å². The predicted octanol–water partition coefficient (Wildman–Crippen LogP) is 5.88. The van der Waals surface area contributed by atoms with Crippen molar-refractivity contribution in [2.75, 3.05) is 6.54 Å². The number of carbonyl (C=O) groups excluding carboxylic acids is 1. The molecule has 4 rings (SSSR count). The third-order valence-corrected chi connectivity index (χ3v) is 5.66. The highest BCUT2D eigenvalue weighted by molar-refractivity contribution is 9.10. The molecule has 3 nitrogen and oxygen atoms in total. The molecule has 0 saturated carbocycles. The number of benzene rings is 3. The first-order chi connectivity index (χ1) is 13.6. The lowest BCUT2D eigenvalue weighted by atomic mass is 9.97. The smallest absolute Gasteiger partial charge is 0.254 e. The van der Waals surface area contributed by atoms with E-state index in [2.05, 4.69) is 15.9 Å². The van der Waals surface area contributed by atoms with Crippen LogP contribution in [0.2, 0.25) is 5.02 Å². The highest BCUT2D eigenvalue weighted by atomic mass is 79.9. The number of rotatable bonds is 5. The van der Waals surface area contributed by atoms with Crippen molar-refractivity contribution < 1.29 is 9.53 Å². The third-order valence-electron chi connectivity index (χ3n) is 4.88. The molecule has 0 atom stereocenters. The van der Waals surface area contributed by atoms with Crippen LogP contribution >= 0.6 is 27.5 Å². The van der Waals surface area contributed by atoms with Crippen molar-refractivity contribution in [1.82, 2.24) is 4.90 Å². The molecule has 28 heavy (non-hydrogen) atoms. The Morgan fingerprint density at radius 3 is 2.43 bits per heavy atom. The van der Waals surface area contributed by atoms with Gasteiger partial charge < -0.3 is 9.64 Å². The summed E-state index contributed by atoms with van der Waals surface area (Å²) in [4.78, 5) is 14.9. The van der Waals surface area contributed by atoms with Crippen LogP contribution in [0.1, 0.15) is 27.0 Å². The van der Waals surface area contributed by atoms with Crippen LogP contribution in [0.5, 0.6) is 5.75 Å². The second kappa shape index (κ2) is 8.38. The second-order valence-corrected chi connectivity index (χ2v) is 8.15. The quantitative estimate of drug-likeness (QED) is 0.480. The van der Waals surface area contributed by atoms with Gasteiger partial charge in [0, 0.05) is 33.7 Å². The zero-order valence-electron chi connectivity index (χ0n) is 15.2. The molecule has 1 amide bonds. The minimum absolute atomic E-state index is 0.0566. The fourth-order valence-electron chi connectivity index (χ4n) is 3.38. The highest BCUT2D eigenvalue weighted by Gasteiger charge is 2.26. The minimum Gasteiger partial charge on any atom is -0.489 e. The first-order valence-corrected chi connectivity index (χ1v) is 10.3. The van der Waals surface area contributed by atoms with Gasteiger partial charge >= 0.3 is 0 Å². The number of hydrogen-bond acceptors (Lipinski definition) is 2. The largest absolute Gasteiger partial charge is 0.489 e. The molecule has 0 N–H and O–H groups in total. The number of nitrogens with zero attached hydrogens (tertiary/aromatic N) is 1. The molecule has 0 aliphatic carbocycles. The van der Waals surface area contributed by atoms with Gasteiger partial charge in [0.1, 0.15) is 12.4 Å². The van der Waals surface area contributed by atoms with Crippen LogP contribution in [0.25, 0.3) is 0 Å². The van der Waals surface area contributed by atoms with Gasteiger partial charge in [-0.3, -0.25) is 4.79 Å². The molecule has 0 aromatic heterocycles. The lowest BCUT2D eigenvalue weighted by molar-refractivity contribution is 0.0725. The number of hydrogen-bond donors (Lipinski definition) is 0. The van der Waals surface area contributed by atoms with Gasteiger partial charge in [0.05, 0.1) is 0 Å². The average molecular weight is 457 g/mol. The molecule has 0 radical (unpaired) electrons. The topological polar surface area (TPSA) is 29.5 Å². The van der Waals surface area contributed by atoms with Gasteiger partial charge in [-0.2, -0.15) is 0 Å². The highest BCUT2D eigenvalue weighted by Crippen LogP contribution is 2.29. The lowest BCUT2D eigenvalue weighted by Crippen LogP contribution is -2.37. The van der Waals surface area contributed by atoms with Gasteiger partial charge in [0.15, 0.2) is 0 Å². The molecule has 1 heterocycles. The average Bonchev–Trinajstić information content (AvgIpc) is 2.71. The molecule has 0 unspecified atom stereocenters. The number of carbonyl (C=O) groups is 1. The van der Waals surface area contributed by atoms with E-state index >= 15 is 0 Å². The normalized spacial score (nSPS) is 13.4. The zero-order valence-corrected chi connectivity index (χ0v) is 17.5. The van der Waals surface area contributed by atoms with Gasteiger partial charge in [-0.05, 0) is 53.9 Å². The number of ether oxygens (including phenoxy) is 1. The summed E-state index contributed by atoms with van der Waals surface area (Å²) in [6, 6.07) is 21.4. The van der Waals surface area contributed by atoms with Crippen LogP contribution in [0.3, 0.4) is 0 Å². The lowest BCUT2D eigenvalue weighted by Gasteiger charge is -2.29. The Kier molecular flexibility index (Phi) is 5.69. The summed E-state index contributed by atoms with van der Waals surface area (Å²) in [6.45, 7) is 1.75. The first kappa shape index (κ1) is 19.0. The Morgan fingerprint density at radius 1 is 0.964 bits per heavy atom. The maximum atomic E-state index is 13.0. The van der Waals surface area contributed by atoms with Gasteiger partial charge in [-0.15, -0.1) is 0 Å². The summed E-state index contributed by atoms with van der Waals surface area (Å²) in [5.41, 5.74) is 3.89. The molecule has 5 heteroatoms. The monoisotopic (exact) mass is 455 g/mol. The number of halogens is 2. The predicted molar refractivity (Wildman–Crippen MR) is 115 cm³/mol. The van der Waals surface area contributed by atoms with E-state index < -0.39 is 0 Å². The van der Waals surface area contributed by atoms with Crippen molar-refractivity contribution in [1.29, 1.82) is 0 Å². The molecular weight excluding hydrogens is 438 g/mol. The van der Waals surface area contributed by atoms with E-state index in [1.807, 2.05) is 71.6 Å². The Balaban J connectivity index is 1.49. The summed E-state index contributed by atoms with van der Waals surface area (Å²) in [6.07, 6.45) is 0.786. The van der Waals surface area contributed by atoms with Crippen molar-refractivity contribution in [3.8, 4) is 5.75 Å². The maximum absolute atomic E-state index is 13.0. The molecule has 0 saturated heterocycles. The molecule has 1 aliphatic rings. The SMILES string of the molecule is O=C1c2cccc(OCc3ccc(Cl)cc3)c2CCN1Cc1ccc(Br)cc1. The molecular formula is C23H19BrClNO2. The van der Waals surface area contributed by atoms with Gasteiger partial charge in [-0.1, -0.05) is 57.9 Å². The Labute approximate surface area is 178 Å². The maximum Gasteiger partial charge on any atom is 0.254 e. The Morgan fingerprint density at radius 2 is 1.68 bits per heavy atom. The van der Waals surface area contributed by atoms with E-state index in [0.29, 0.717) is 24.7 Å². The van der Waals surface area contributed by atoms with E-state index in [-0.39, 0.29) is 5.91 Å². The fourth-order valence-corrected chi connectivity index (χ4v) is 3.77. The molecule has 1 aliphatic heterocycles. The van der Waals surface area contributed by atoms with Gasteiger partial charge in [-0.25, -0.2) is 0 Å².